The lowest BCUT2D eigenvalue weighted by Gasteiger charge is -2.42. The van der Waals surface area contributed by atoms with Crippen LogP contribution in [0.4, 0.5) is 0 Å². The van der Waals surface area contributed by atoms with Crippen molar-refractivity contribution in [1.29, 1.82) is 0 Å². The number of alkyl halides is 2. The topological polar surface area (TPSA) is 0 Å². The zero-order chi connectivity index (χ0) is 9.19. The second kappa shape index (κ2) is 4.19. The van der Waals surface area contributed by atoms with E-state index in [4.69, 9.17) is 23.2 Å². The van der Waals surface area contributed by atoms with Crippen molar-refractivity contribution in [3.8, 4) is 0 Å². The highest BCUT2D eigenvalue weighted by Crippen LogP contribution is 2.46. The molecule has 0 saturated heterocycles. The maximum Gasteiger partial charge on any atom is 0.0555 e. The zero-order valence-corrected chi connectivity index (χ0v) is 9.46. The highest BCUT2D eigenvalue weighted by molar-refractivity contribution is 6.30. The van der Waals surface area contributed by atoms with Crippen LogP contribution in [-0.2, 0) is 0 Å². The van der Waals surface area contributed by atoms with Gasteiger partial charge in [0.2, 0.25) is 0 Å². The Morgan fingerprint density at radius 2 is 1.83 bits per heavy atom. The van der Waals surface area contributed by atoms with Crippen molar-refractivity contribution in [2.24, 2.45) is 5.41 Å². The highest BCUT2D eigenvalue weighted by Gasteiger charge is 2.41. The Morgan fingerprint density at radius 3 is 2.25 bits per heavy atom. The fourth-order valence-corrected chi connectivity index (χ4v) is 3.28. The van der Waals surface area contributed by atoms with Crippen molar-refractivity contribution in [3.63, 3.8) is 0 Å². The second-order valence-corrected chi connectivity index (χ2v) is 4.91. The quantitative estimate of drug-likeness (QED) is 0.598. The van der Waals surface area contributed by atoms with E-state index in [0.717, 1.165) is 6.42 Å². The van der Waals surface area contributed by atoms with E-state index >= 15 is 0 Å². The van der Waals surface area contributed by atoms with Gasteiger partial charge in [0.05, 0.1) is 10.8 Å². The molecule has 0 radical (unpaired) electrons. The minimum atomic E-state index is 0.183. The van der Waals surface area contributed by atoms with Crippen LogP contribution in [-0.4, -0.2) is 10.8 Å². The molecule has 0 heterocycles. The lowest BCUT2D eigenvalue weighted by molar-refractivity contribution is 0.182. The van der Waals surface area contributed by atoms with E-state index in [9.17, 15) is 0 Å². The predicted molar refractivity (Wildman–Crippen MR) is 56.1 cm³/mol. The van der Waals surface area contributed by atoms with Gasteiger partial charge >= 0.3 is 0 Å². The van der Waals surface area contributed by atoms with Crippen molar-refractivity contribution in [2.75, 3.05) is 0 Å². The second-order valence-electron chi connectivity index (χ2n) is 3.88. The van der Waals surface area contributed by atoms with Gasteiger partial charge in [-0.05, 0) is 31.1 Å². The minimum absolute atomic E-state index is 0.183. The maximum absolute atomic E-state index is 6.36. The summed E-state index contributed by atoms with van der Waals surface area (Å²) in [5.74, 6) is 0. The van der Waals surface area contributed by atoms with Gasteiger partial charge in [0.15, 0.2) is 0 Å². The highest BCUT2D eigenvalue weighted by atomic mass is 35.5. The standard InChI is InChI=1S/C10H18Cl2/c1-3-10(4-2)7-5-6-8(11)9(10)12/h8-9H,3-7H2,1-2H3. The monoisotopic (exact) mass is 208 g/mol. The fourth-order valence-electron chi connectivity index (χ4n) is 2.31. The summed E-state index contributed by atoms with van der Waals surface area (Å²) in [6.07, 6.45) is 5.94. The molecule has 2 atom stereocenters. The lowest BCUT2D eigenvalue weighted by Crippen LogP contribution is -2.40. The molecule has 1 rings (SSSR count). The molecule has 0 aromatic rings. The van der Waals surface area contributed by atoms with E-state index in [1.54, 1.807) is 0 Å². The molecule has 12 heavy (non-hydrogen) atoms. The normalized spacial score (nSPS) is 35.0. The summed E-state index contributed by atoms with van der Waals surface area (Å²) in [5.41, 5.74) is 0.326. The van der Waals surface area contributed by atoms with E-state index < -0.39 is 0 Å². The van der Waals surface area contributed by atoms with Crippen molar-refractivity contribution < 1.29 is 0 Å². The van der Waals surface area contributed by atoms with Crippen LogP contribution >= 0.6 is 23.2 Å². The Bertz CT molecular complexity index is 141. The summed E-state index contributed by atoms with van der Waals surface area (Å²) in [5, 5.41) is 0.378. The van der Waals surface area contributed by atoms with E-state index in [-0.39, 0.29) is 10.8 Å². The van der Waals surface area contributed by atoms with Crippen LogP contribution < -0.4 is 0 Å². The first-order chi connectivity index (χ1) is 5.66. The zero-order valence-electron chi connectivity index (χ0n) is 7.95. The molecular formula is C10H18Cl2. The third kappa shape index (κ3) is 1.75. The Kier molecular flexibility index (Phi) is 3.73. The van der Waals surface area contributed by atoms with Gasteiger partial charge in [-0.15, -0.1) is 23.2 Å². The van der Waals surface area contributed by atoms with Crippen LogP contribution in [0, 0.1) is 5.41 Å². The first kappa shape index (κ1) is 10.7. The molecule has 0 nitrogen and oxygen atoms in total. The summed E-state index contributed by atoms with van der Waals surface area (Å²) in [4.78, 5) is 0. The molecule has 0 aliphatic heterocycles. The van der Waals surface area contributed by atoms with Crippen molar-refractivity contribution >= 4 is 23.2 Å². The largest absolute Gasteiger partial charge is 0.121 e. The Hall–Kier alpha value is 0.580. The third-order valence-corrected chi connectivity index (χ3v) is 4.83. The van der Waals surface area contributed by atoms with Crippen molar-refractivity contribution in [2.45, 2.75) is 56.7 Å². The average molecular weight is 209 g/mol. The van der Waals surface area contributed by atoms with Gasteiger partial charge in [-0.2, -0.15) is 0 Å². The minimum Gasteiger partial charge on any atom is -0.121 e. The van der Waals surface area contributed by atoms with Crippen LogP contribution in [0.2, 0.25) is 0 Å². The van der Waals surface area contributed by atoms with E-state index in [1.807, 2.05) is 0 Å². The van der Waals surface area contributed by atoms with Gasteiger partial charge < -0.3 is 0 Å². The Morgan fingerprint density at radius 1 is 1.25 bits per heavy atom. The first-order valence-electron chi connectivity index (χ1n) is 4.94. The molecule has 0 amide bonds. The van der Waals surface area contributed by atoms with E-state index in [1.165, 1.54) is 25.7 Å². The molecule has 2 unspecified atom stereocenters. The number of hydrogen-bond donors (Lipinski definition) is 0. The van der Waals surface area contributed by atoms with Crippen LogP contribution in [0.1, 0.15) is 46.0 Å². The molecule has 1 fully saturated rings. The fraction of sp³-hybridized carbons (Fsp3) is 1.00. The first-order valence-corrected chi connectivity index (χ1v) is 5.81. The maximum atomic E-state index is 6.36. The summed E-state index contributed by atoms with van der Waals surface area (Å²) in [6.45, 7) is 4.46. The third-order valence-electron chi connectivity index (χ3n) is 3.47. The Balaban J connectivity index is 2.71. The van der Waals surface area contributed by atoms with E-state index in [0.29, 0.717) is 5.41 Å². The van der Waals surface area contributed by atoms with Gasteiger partial charge in [-0.25, -0.2) is 0 Å². The smallest absolute Gasteiger partial charge is 0.0555 e. The van der Waals surface area contributed by atoms with Crippen molar-refractivity contribution in [1.82, 2.24) is 0 Å². The Labute approximate surface area is 85.6 Å². The number of halogens is 2. The van der Waals surface area contributed by atoms with Gasteiger partial charge in [-0.1, -0.05) is 20.3 Å². The van der Waals surface area contributed by atoms with Crippen LogP contribution in [0.15, 0.2) is 0 Å². The number of rotatable bonds is 2. The van der Waals surface area contributed by atoms with Crippen LogP contribution in [0.5, 0.6) is 0 Å². The molecule has 0 N–H and O–H groups in total. The molecule has 1 saturated carbocycles. The summed E-state index contributed by atoms with van der Waals surface area (Å²) in [7, 11) is 0. The summed E-state index contributed by atoms with van der Waals surface area (Å²) in [6, 6.07) is 0. The molecule has 0 spiro atoms. The molecule has 1 aliphatic carbocycles. The van der Waals surface area contributed by atoms with Crippen molar-refractivity contribution in [3.05, 3.63) is 0 Å². The summed E-state index contributed by atoms with van der Waals surface area (Å²) < 4.78 is 0. The molecule has 1 aliphatic rings. The molecule has 0 aromatic carbocycles. The predicted octanol–water partition coefficient (Wildman–Crippen LogP) is 4.19. The molecule has 0 aromatic heterocycles. The SMILES string of the molecule is CCC1(CC)CCCC(Cl)C1Cl. The summed E-state index contributed by atoms with van der Waals surface area (Å²) >= 11 is 12.5. The van der Waals surface area contributed by atoms with E-state index in [2.05, 4.69) is 13.8 Å². The molecule has 2 heteroatoms. The van der Waals surface area contributed by atoms with Gasteiger partial charge in [-0.3, -0.25) is 0 Å². The molecule has 72 valence electrons. The van der Waals surface area contributed by atoms with Gasteiger partial charge in [0.25, 0.3) is 0 Å². The van der Waals surface area contributed by atoms with Gasteiger partial charge in [0, 0.05) is 0 Å². The molecule has 0 bridgehead atoms. The molecular weight excluding hydrogens is 191 g/mol. The average Bonchev–Trinajstić information content (AvgIpc) is 2.11. The van der Waals surface area contributed by atoms with Crippen LogP contribution in [0.25, 0.3) is 0 Å². The van der Waals surface area contributed by atoms with Gasteiger partial charge in [0.1, 0.15) is 0 Å². The lowest BCUT2D eigenvalue weighted by atomic mass is 9.70. The van der Waals surface area contributed by atoms with Crippen LogP contribution in [0.3, 0.4) is 0 Å². The number of hydrogen-bond acceptors (Lipinski definition) is 0.